The fraction of sp³-hybridized carbons (Fsp3) is 0.350. The van der Waals surface area contributed by atoms with Gasteiger partial charge in [-0.05, 0) is 24.1 Å². The Morgan fingerprint density at radius 3 is 2.45 bits per heavy atom. The van der Waals surface area contributed by atoms with E-state index in [1.807, 2.05) is 24.3 Å². The van der Waals surface area contributed by atoms with Crippen LogP contribution in [-0.2, 0) is 6.42 Å². The zero-order valence-electron chi connectivity index (χ0n) is 16.4. The number of hydrogen-bond donors (Lipinski definition) is 1. The van der Waals surface area contributed by atoms with Gasteiger partial charge in [-0.15, -0.1) is 5.10 Å². The number of anilines is 3. The number of hydrogen-bond acceptors (Lipinski definition) is 9. The molecule has 0 aliphatic carbocycles. The molecule has 1 fully saturated rings. The van der Waals surface area contributed by atoms with Gasteiger partial charge in [-0.3, -0.25) is 0 Å². The minimum atomic E-state index is 0.640. The average molecular weight is 392 g/mol. The molecule has 3 aromatic rings. The van der Waals surface area contributed by atoms with Gasteiger partial charge in [0.15, 0.2) is 5.82 Å². The number of nitrogens with zero attached hydrogens (tertiary/aromatic N) is 7. The Bertz CT molecular complexity index is 915. The first kappa shape index (κ1) is 18.9. The number of methoxy groups -OCH3 is 1. The second kappa shape index (κ2) is 9.13. The molecule has 9 nitrogen and oxygen atoms in total. The first-order chi connectivity index (χ1) is 14.3. The molecule has 3 heterocycles. The van der Waals surface area contributed by atoms with E-state index in [1.54, 1.807) is 25.7 Å². The van der Waals surface area contributed by atoms with Gasteiger partial charge in [0.1, 0.15) is 5.75 Å². The van der Waals surface area contributed by atoms with Crippen LogP contribution in [0.1, 0.15) is 5.56 Å². The summed E-state index contributed by atoms with van der Waals surface area (Å²) in [6.07, 6.45) is 6.02. The summed E-state index contributed by atoms with van der Waals surface area (Å²) in [7, 11) is 1.69. The molecule has 9 heteroatoms. The Morgan fingerprint density at radius 1 is 0.966 bits per heavy atom. The van der Waals surface area contributed by atoms with Gasteiger partial charge in [0.05, 0.1) is 13.3 Å². The van der Waals surface area contributed by atoms with E-state index in [9.17, 15) is 0 Å². The molecule has 29 heavy (non-hydrogen) atoms. The molecule has 1 N–H and O–H groups in total. The SMILES string of the molecule is COc1ccccc1CCNc1cnnc(N2CCN(c3ncccn3)CC2)n1. The van der Waals surface area contributed by atoms with Gasteiger partial charge in [0.2, 0.25) is 11.9 Å². The number of nitrogens with one attached hydrogen (secondary N) is 1. The second-order valence-electron chi connectivity index (χ2n) is 6.65. The first-order valence-corrected chi connectivity index (χ1v) is 9.66. The van der Waals surface area contributed by atoms with Gasteiger partial charge >= 0.3 is 0 Å². The van der Waals surface area contributed by atoms with E-state index < -0.39 is 0 Å². The highest BCUT2D eigenvalue weighted by Gasteiger charge is 2.21. The van der Waals surface area contributed by atoms with Crippen LogP contribution in [0.25, 0.3) is 0 Å². The summed E-state index contributed by atoms with van der Waals surface area (Å²) in [4.78, 5) is 17.6. The zero-order chi connectivity index (χ0) is 19.9. The van der Waals surface area contributed by atoms with E-state index >= 15 is 0 Å². The number of piperazine rings is 1. The molecule has 1 aromatic carbocycles. The Kier molecular flexibility index (Phi) is 5.94. The van der Waals surface area contributed by atoms with E-state index in [0.717, 1.165) is 62.2 Å². The molecule has 4 rings (SSSR count). The molecule has 2 aromatic heterocycles. The summed E-state index contributed by atoms with van der Waals surface area (Å²) in [5, 5.41) is 11.7. The summed E-state index contributed by atoms with van der Waals surface area (Å²) in [5.41, 5.74) is 1.16. The van der Waals surface area contributed by atoms with Crippen molar-refractivity contribution < 1.29 is 4.74 Å². The summed E-state index contributed by atoms with van der Waals surface area (Å²) >= 11 is 0. The van der Waals surface area contributed by atoms with Gasteiger partial charge in [0.25, 0.3) is 0 Å². The molecule has 0 saturated carbocycles. The Labute approximate surface area is 169 Å². The standard InChI is InChI=1S/C20H24N8O/c1-29-17-6-3-2-5-16(17)7-10-21-18-15-24-26-20(25-18)28-13-11-27(12-14-28)19-22-8-4-9-23-19/h2-6,8-9,15H,7,10-14H2,1H3,(H,21,25,26). The zero-order valence-corrected chi connectivity index (χ0v) is 16.4. The van der Waals surface area contributed by atoms with Crippen molar-refractivity contribution >= 4 is 17.7 Å². The minimum Gasteiger partial charge on any atom is -0.496 e. The molecule has 0 atom stereocenters. The predicted octanol–water partition coefficient (Wildman–Crippen LogP) is 1.65. The summed E-state index contributed by atoms with van der Waals surface area (Å²) in [5.74, 6) is 3.02. The third kappa shape index (κ3) is 4.68. The van der Waals surface area contributed by atoms with Crippen LogP contribution in [-0.4, -0.2) is 65.0 Å². The van der Waals surface area contributed by atoms with E-state index in [1.165, 1.54) is 0 Å². The van der Waals surface area contributed by atoms with Gasteiger partial charge in [-0.25, -0.2) is 9.97 Å². The van der Waals surface area contributed by atoms with Crippen LogP contribution in [0.2, 0.25) is 0 Å². The number of benzene rings is 1. The largest absolute Gasteiger partial charge is 0.496 e. The van der Waals surface area contributed by atoms with Gasteiger partial charge in [-0.1, -0.05) is 18.2 Å². The molecule has 0 bridgehead atoms. The van der Waals surface area contributed by atoms with E-state index in [-0.39, 0.29) is 0 Å². The van der Waals surface area contributed by atoms with E-state index in [0.29, 0.717) is 5.95 Å². The fourth-order valence-electron chi connectivity index (χ4n) is 3.31. The quantitative estimate of drug-likeness (QED) is 0.644. The maximum atomic E-state index is 5.40. The first-order valence-electron chi connectivity index (χ1n) is 9.66. The highest BCUT2D eigenvalue weighted by Crippen LogP contribution is 2.18. The average Bonchev–Trinajstić information content (AvgIpc) is 2.80. The van der Waals surface area contributed by atoms with Crippen LogP contribution >= 0.6 is 0 Å². The monoisotopic (exact) mass is 392 g/mol. The maximum Gasteiger partial charge on any atom is 0.247 e. The van der Waals surface area contributed by atoms with Gasteiger partial charge in [-0.2, -0.15) is 10.1 Å². The molecule has 1 saturated heterocycles. The van der Waals surface area contributed by atoms with Crippen LogP contribution in [0.5, 0.6) is 5.75 Å². The number of rotatable bonds is 7. The fourth-order valence-corrected chi connectivity index (χ4v) is 3.31. The highest BCUT2D eigenvalue weighted by atomic mass is 16.5. The molecule has 0 radical (unpaired) electrons. The van der Waals surface area contributed by atoms with Crippen molar-refractivity contribution in [2.45, 2.75) is 6.42 Å². The van der Waals surface area contributed by atoms with Gasteiger partial charge in [0, 0.05) is 45.1 Å². The maximum absolute atomic E-state index is 5.40. The highest BCUT2D eigenvalue weighted by molar-refractivity contribution is 5.42. The Balaban J connectivity index is 1.32. The van der Waals surface area contributed by atoms with Gasteiger partial charge < -0.3 is 19.9 Å². The van der Waals surface area contributed by atoms with Crippen LogP contribution in [0.15, 0.2) is 48.9 Å². The molecular formula is C20H24N8O. The van der Waals surface area contributed by atoms with Crippen molar-refractivity contribution in [2.75, 3.05) is 55.0 Å². The smallest absolute Gasteiger partial charge is 0.247 e. The Morgan fingerprint density at radius 2 is 1.69 bits per heavy atom. The molecular weight excluding hydrogens is 368 g/mol. The second-order valence-corrected chi connectivity index (χ2v) is 6.65. The van der Waals surface area contributed by atoms with Crippen LogP contribution in [0.3, 0.4) is 0 Å². The van der Waals surface area contributed by atoms with Crippen molar-refractivity contribution in [1.29, 1.82) is 0 Å². The van der Waals surface area contributed by atoms with Crippen LogP contribution in [0.4, 0.5) is 17.7 Å². The van der Waals surface area contributed by atoms with Crippen LogP contribution in [0, 0.1) is 0 Å². The molecule has 0 unspecified atom stereocenters. The third-order valence-electron chi connectivity index (χ3n) is 4.84. The van der Waals surface area contributed by atoms with Crippen molar-refractivity contribution in [3.63, 3.8) is 0 Å². The van der Waals surface area contributed by atoms with E-state index in [2.05, 4.69) is 46.3 Å². The predicted molar refractivity (Wildman–Crippen MR) is 111 cm³/mol. The molecule has 150 valence electrons. The van der Waals surface area contributed by atoms with E-state index in [4.69, 9.17) is 4.74 Å². The number of para-hydroxylation sites is 1. The molecule has 0 amide bonds. The van der Waals surface area contributed by atoms with Crippen molar-refractivity contribution in [3.8, 4) is 5.75 Å². The topological polar surface area (TPSA) is 92.2 Å². The summed E-state index contributed by atoms with van der Waals surface area (Å²) in [6, 6.07) is 9.86. The Hall–Kier alpha value is -3.49. The van der Waals surface area contributed by atoms with Crippen molar-refractivity contribution in [1.82, 2.24) is 25.1 Å². The molecule has 1 aliphatic heterocycles. The summed E-state index contributed by atoms with van der Waals surface area (Å²) < 4.78 is 5.40. The lowest BCUT2D eigenvalue weighted by Crippen LogP contribution is -2.47. The summed E-state index contributed by atoms with van der Waals surface area (Å²) in [6.45, 7) is 3.96. The van der Waals surface area contributed by atoms with Crippen molar-refractivity contribution in [3.05, 3.63) is 54.5 Å². The minimum absolute atomic E-state index is 0.640. The third-order valence-corrected chi connectivity index (χ3v) is 4.84. The normalized spacial score (nSPS) is 14.0. The number of ether oxygens (including phenoxy) is 1. The lowest BCUT2D eigenvalue weighted by atomic mass is 10.1. The van der Waals surface area contributed by atoms with Crippen molar-refractivity contribution in [2.24, 2.45) is 0 Å². The van der Waals surface area contributed by atoms with Crippen LogP contribution < -0.4 is 19.9 Å². The lowest BCUT2D eigenvalue weighted by Gasteiger charge is -2.34. The molecule has 1 aliphatic rings. The lowest BCUT2D eigenvalue weighted by molar-refractivity contribution is 0.410. The molecule has 0 spiro atoms. The number of aromatic nitrogens is 5.